The Morgan fingerprint density at radius 2 is 2.24 bits per heavy atom. The van der Waals surface area contributed by atoms with Crippen molar-refractivity contribution in [3.8, 4) is 17.0 Å². The van der Waals surface area contributed by atoms with Gasteiger partial charge in [0.1, 0.15) is 0 Å². The number of hydrogen-bond donors (Lipinski definition) is 2. The number of piperidine rings is 1. The van der Waals surface area contributed by atoms with E-state index in [1.807, 2.05) is 5.38 Å². The number of carbonyl (C=O) groups is 1. The standard InChI is InChI=1S/C18H22FN3O2S/c1-24-16-4-3-13(10-14(16)19)15-11-25-18(21-15)22-17(23)5-2-12-6-8-20-9-7-12/h3-4,10-12,20H,2,5-9H2,1H3,(H,21,22,23). The lowest BCUT2D eigenvalue weighted by atomic mass is 9.93. The first kappa shape index (κ1) is 17.8. The van der Waals surface area contributed by atoms with Crippen molar-refractivity contribution in [3.63, 3.8) is 0 Å². The van der Waals surface area contributed by atoms with E-state index in [-0.39, 0.29) is 11.7 Å². The smallest absolute Gasteiger partial charge is 0.226 e. The number of hydrogen-bond acceptors (Lipinski definition) is 5. The molecule has 2 aromatic rings. The Balaban J connectivity index is 1.55. The molecule has 0 aliphatic carbocycles. The van der Waals surface area contributed by atoms with Gasteiger partial charge in [-0.25, -0.2) is 9.37 Å². The number of rotatable bonds is 6. The molecule has 0 unspecified atom stereocenters. The summed E-state index contributed by atoms with van der Waals surface area (Å²) in [5.41, 5.74) is 1.30. The Morgan fingerprint density at radius 1 is 1.44 bits per heavy atom. The highest BCUT2D eigenvalue weighted by molar-refractivity contribution is 7.14. The molecule has 1 amide bonds. The van der Waals surface area contributed by atoms with Crippen LogP contribution in [-0.2, 0) is 4.79 Å². The van der Waals surface area contributed by atoms with Gasteiger partial charge in [0.25, 0.3) is 0 Å². The third-order valence-electron chi connectivity index (χ3n) is 4.44. The number of nitrogens with zero attached hydrogens (tertiary/aromatic N) is 1. The molecule has 0 radical (unpaired) electrons. The summed E-state index contributed by atoms with van der Waals surface area (Å²) in [5, 5.41) is 8.52. The highest BCUT2D eigenvalue weighted by Gasteiger charge is 2.15. The summed E-state index contributed by atoms with van der Waals surface area (Å²) in [4.78, 5) is 16.5. The molecule has 1 saturated heterocycles. The van der Waals surface area contributed by atoms with E-state index in [0.29, 0.717) is 28.7 Å². The molecule has 2 heterocycles. The summed E-state index contributed by atoms with van der Waals surface area (Å²) in [6, 6.07) is 4.71. The van der Waals surface area contributed by atoms with Crippen LogP contribution in [0.4, 0.5) is 9.52 Å². The second-order valence-electron chi connectivity index (χ2n) is 6.17. The summed E-state index contributed by atoms with van der Waals surface area (Å²) in [6.45, 7) is 2.08. The normalized spacial score (nSPS) is 15.1. The third kappa shape index (κ3) is 4.76. The average molecular weight is 363 g/mol. The van der Waals surface area contributed by atoms with E-state index < -0.39 is 5.82 Å². The molecule has 1 aromatic carbocycles. The molecule has 134 valence electrons. The Hall–Kier alpha value is -1.99. The van der Waals surface area contributed by atoms with Crippen LogP contribution < -0.4 is 15.4 Å². The van der Waals surface area contributed by atoms with E-state index in [0.717, 1.165) is 32.4 Å². The second-order valence-corrected chi connectivity index (χ2v) is 7.03. The van der Waals surface area contributed by atoms with E-state index in [1.165, 1.54) is 24.5 Å². The zero-order chi connectivity index (χ0) is 17.6. The predicted octanol–water partition coefficient (Wildman–Crippen LogP) is 3.68. The van der Waals surface area contributed by atoms with Gasteiger partial charge in [0, 0.05) is 17.4 Å². The largest absolute Gasteiger partial charge is 0.494 e. The molecule has 1 aromatic heterocycles. The van der Waals surface area contributed by atoms with Crippen LogP contribution in [0, 0.1) is 11.7 Å². The Morgan fingerprint density at radius 3 is 2.96 bits per heavy atom. The van der Waals surface area contributed by atoms with Gasteiger partial charge in [0.2, 0.25) is 5.91 Å². The van der Waals surface area contributed by atoms with Crippen molar-refractivity contribution in [1.29, 1.82) is 0 Å². The van der Waals surface area contributed by atoms with E-state index >= 15 is 0 Å². The van der Waals surface area contributed by atoms with Crippen LogP contribution in [0.15, 0.2) is 23.6 Å². The Bertz CT molecular complexity index is 729. The molecule has 3 rings (SSSR count). The van der Waals surface area contributed by atoms with Gasteiger partial charge in [-0.2, -0.15) is 0 Å². The number of aromatic nitrogens is 1. The molecule has 5 nitrogen and oxygen atoms in total. The molecule has 0 bridgehead atoms. The van der Waals surface area contributed by atoms with E-state index in [2.05, 4.69) is 15.6 Å². The highest BCUT2D eigenvalue weighted by Crippen LogP contribution is 2.28. The SMILES string of the molecule is COc1ccc(-c2csc(NC(=O)CCC3CCNCC3)n2)cc1F. The third-order valence-corrected chi connectivity index (χ3v) is 5.19. The lowest BCUT2D eigenvalue weighted by Gasteiger charge is -2.21. The minimum atomic E-state index is -0.430. The Kier molecular flexibility index (Phi) is 5.99. The topological polar surface area (TPSA) is 63.2 Å². The summed E-state index contributed by atoms with van der Waals surface area (Å²) >= 11 is 1.34. The lowest BCUT2D eigenvalue weighted by Crippen LogP contribution is -2.28. The number of ether oxygens (including phenoxy) is 1. The predicted molar refractivity (Wildman–Crippen MR) is 97.5 cm³/mol. The van der Waals surface area contributed by atoms with Crippen molar-refractivity contribution < 1.29 is 13.9 Å². The van der Waals surface area contributed by atoms with Crippen molar-refractivity contribution in [2.24, 2.45) is 5.92 Å². The number of anilines is 1. The Labute approximate surface area is 150 Å². The van der Waals surface area contributed by atoms with Gasteiger partial charge in [-0.15, -0.1) is 11.3 Å². The van der Waals surface area contributed by atoms with Crippen LogP contribution in [0.5, 0.6) is 5.75 Å². The van der Waals surface area contributed by atoms with Gasteiger partial charge < -0.3 is 15.4 Å². The first-order chi connectivity index (χ1) is 12.2. The van der Waals surface area contributed by atoms with Crippen LogP contribution in [0.3, 0.4) is 0 Å². The molecular formula is C18H22FN3O2S. The molecule has 0 saturated carbocycles. The fourth-order valence-corrected chi connectivity index (χ4v) is 3.71. The minimum absolute atomic E-state index is 0.0136. The molecule has 25 heavy (non-hydrogen) atoms. The zero-order valence-electron chi connectivity index (χ0n) is 14.2. The molecule has 1 aliphatic heterocycles. The fourth-order valence-electron chi connectivity index (χ4n) is 2.98. The van der Waals surface area contributed by atoms with Crippen molar-refractivity contribution in [3.05, 3.63) is 29.4 Å². The van der Waals surface area contributed by atoms with Crippen molar-refractivity contribution in [2.75, 3.05) is 25.5 Å². The number of benzene rings is 1. The van der Waals surface area contributed by atoms with E-state index in [4.69, 9.17) is 4.74 Å². The van der Waals surface area contributed by atoms with Crippen LogP contribution >= 0.6 is 11.3 Å². The molecule has 7 heteroatoms. The van der Waals surface area contributed by atoms with Crippen LogP contribution in [0.2, 0.25) is 0 Å². The number of halogens is 1. The summed E-state index contributed by atoms with van der Waals surface area (Å²) in [6.07, 6.45) is 3.70. The fraction of sp³-hybridized carbons (Fsp3) is 0.444. The average Bonchev–Trinajstić information content (AvgIpc) is 3.09. The molecule has 1 fully saturated rings. The van der Waals surface area contributed by atoms with Gasteiger partial charge in [-0.1, -0.05) is 0 Å². The number of carbonyl (C=O) groups excluding carboxylic acids is 1. The first-order valence-corrected chi connectivity index (χ1v) is 9.33. The minimum Gasteiger partial charge on any atom is -0.494 e. The monoisotopic (exact) mass is 363 g/mol. The van der Waals surface area contributed by atoms with Gasteiger partial charge in [0.15, 0.2) is 16.7 Å². The molecule has 2 N–H and O–H groups in total. The lowest BCUT2D eigenvalue weighted by molar-refractivity contribution is -0.116. The van der Waals surface area contributed by atoms with Crippen molar-refractivity contribution >= 4 is 22.4 Å². The maximum atomic E-state index is 13.8. The number of thiazole rings is 1. The summed E-state index contributed by atoms with van der Waals surface area (Å²) < 4.78 is 18.7. The number of methoxy groups -OCH3 is 1. The first-order valence-electron chi connectivity index (χ1n) is 8.45. The molecular weight excluding hydrogens is 341 g/mol. The van der Waals surface area contributed by atoms with Gasteiger partial charge >= 0.3 is 0 Å². The van der Waals surface area contributed by atoms with Gasteiger partial charge in [-0.05, 0) is 56.5 Å². The maximum absolute atomic E-state index is 13.8. The van der Waals surface area contributed by atoms with E-state index in [1.54, 1.807) is 12.1 Å². The van der Waals surface area contributed by atoms with Crippen molar-refractivity contribution in [2.45, 2.75) is 25.7 Å². The number of nitrogens with one attached hydrogen (secondary N) is 2. The van der Waals surface area contributed by atoms with Crippen molar-refractivity contribution in [1.82, 2.24) is 10.3 Å². The molecule has 1 aliphatic rings. The van der Waals surface area contributed by atoms with Gasteiger partial charge in [-0.3, -0.25) is 4.79 Å². The molecule has 0 atom stereocenters. The highest BCUT2D eigenvalue weighted by atomic mass is 32.1. The summed E-state index contributed by atoms with van der Waals surface area (Å²) in [7, 11) is 1.43. The van der Waals surface area contributed by atoms with Crippen LogP contribution in [0.1, 0.15) is 25.7 Å². The number of amides is 1. The maximum Gasteiger partial charge on any atom is 0.226 e. The van der Waals surface area contributed by atoms with E-state index in [9.17, 15) is 9.18 Å². The molecule has 0 spiro atoms. The van der Waals surface area contributed by atoms with Crippen LogP contribution in [0.25, 0.3) is 11.3 Å². The second kappa shape index (κ2) is 8.40. The summed E-state index contributed by atoms with van der Waals surface area (Å²) in [5.74, 6) is 0.382. The van der Waals surface area contributed by atoms with Crippen LogP contribution in [-0.4, -0.2) is 31.1 Å². The zero-order valence-corrected chi connectivity index (χ0v) is 15.0. The quantitative estimate of drug-likeness (QED) is 0.822. The van der Waals surface area contributed by atoms with Gasteiger partial charge in [0.05, 0.1) is 12.8 Å².